The van der Waals surface area contributed by atoms with Gasteiger partial charge in [0.2, 0.25) is 0 Å². The van der Waals surface area contributed by atoms with Crippen LogP contribution in [0.25, 0.3) is 0 Å². The molecule has 2 amide bonds. The van der Waals surface area contributed by atoms with Crippen molar-refractivity contribution < 1.29 is 22.8 Å². The van der Waals surface area contributed by atoms with Gasteiger partial charge in [-0.15, -0.1) is 0 Å². The highest BCUT2D eigenvalue weighted by Gasteiger charge is 2.34. The minimum Gasteiger partial charge on any atom is -0.350 e. The fourth-order valence-corrected chi connectivity index (χ4v) is 2.52. The standard InChI is InChI=1S/C17H13Cl2F3N2O2/c18-10-5-6-14(19)12(9-10)16(26)24-8-7-23-15(25)11-3-1-2-4-13(11)17(20,21)22/h1-6,9H,7-8H2,(H,23,25)(H,24,26). The van der Waals surface area contributed by atoms with E-state index in [-0.39, 0.29) is 23.7 Å². The van der Waals surface area contributed by atoms with E-state index in [0.717, 1.165) is 12.1 Å². The van der Waals surface area contributed by atoms with E-state index in [1.165, 1.54) is 30.3 Å². The number of rotatable bonds is 5. The molecule has 0 fully saturated rings. The minimum absolute atomic E-state index is 0.00159. The predicted octanol–water partition coefficient (Wildman–Crippen LogP) is 4.17. The molecule has 138 valence electrons. The molecule has 9 heteroatoms. The lowest BCUT2D eigenvalue weighted by Crippen LogP contribution is -2.35. The lowest BCUT2D eigenvalue weighted by atomic mass is 10.1. The molecule has 0 aliphatic carbocycles. The van der Waals surface area contributed by atoms with E-state index in [0.29, 0.717) is 5.02 Å². The maximum Gasteiger partial charge on any atom is 0.417 e. The van der Waals surface area contributed by atoms with Crippen molar-refractivity contribution in [2.45, 2.75) is 6.18 Å². The van der Waals surface area contributed by atoms with Crippen molar-refractivity contribution in [1.82, 2.24) is 10.6 Å². The minimum atomic E-state index is -4.63. The Morgan fingerprint density at radius 3 is 2.08 bits per heavy atom. The molecule has 0 radical (unpaired) electrons. The zero-order valence-corrected chi connectivity index (χ0v) is 14.7. The molecule has 2 aromatic rings. The monoisotopic (exact) mass is 404 g/mol. The summed E-state index contributed by atoms with van der Waals surface area (Å²) in [7, 11) is 0. The third-order valence-electron chi connectivity index (χ3n) is 3.35. The van der Waals surface area contributed by atoms with Crippen LogP contribution in [0.3, 0.4) is 0 Å². The average molecular weight is 405 g/mol. The first kappa shape index (κ1) is 20.1. The van der Waals surface area contributed by atoms with Crippen LogP contribution in [-0.2, 0) is 6.18 Å². The van der Waals surface area contributed by atoms with E-state index in [1.54, 1.807) is 0 Å². The third kappa shape index (κ3) is 5.12. The first-order valence-electron chi connectivity index (χ1n) is 7.38. The van der Waals surface area contributed by atoms with E-state index in [1.807, 2.05) is 0 Å². The van der Waals surface area contributed by atoms with Crippen molar-refractivity contribution in [3.8, 4) is 0 Å². The number of carbonyl (C=O) groups excluding carboxylic acids is 2. The fourth-order valence-electron chi connectivity index (χ4n) is 2.14. The quantitative estimate of drug-likeness (QED) is 0.734. The summed E-state index contributed by atoms with van der Waals surface area (Å²) >= 11 is 11.7. The van der Waals surface area contributed by atoms with Gasteiger partial charge in [-0.3, -0.25) is 9.59 Å². The largest absolute Gasteiger partial charge is 0.417 e. The summed E-state index contributed by atoms with van der Waals surface area (Å²) in [4.78, 5) is 24.0. The third-order valence-corrected chi connectivity index (χ3v) is 3.91. The first-order valence-corrected chi connectivity index (χ1v) is 8.13. The molecule has 0 aliphatic rings. The SMILES string of the molecule is O=C(NCCNC(=O)c1ccccc1C(F)(F)F)c1cc(Cl)ccc1Cl. The molecule has 0 heterocycles. The van der Waals surface area contributed by atoms with Gasteiger partial charge in [0.15, 0.2) is 0 Å². The molecule has 0 aromatic heterocycles. The number of hydrogen-bond donors (Lipinski definition) is 2. The van der Waals surface area contributed by atoms with E-state index in [9.17, 15) is 22.8 Å². The second-order valence-electron chi connectivity index (χ2n) is 5.18. The number of hydrogen-bond acceptors (Lipinski definition) is 2. The molecular formula is C17H13Cl2F3N2O2. The van der Waals surface area contributed by atoms with Gasteiger partial charge in [0, 0.05) is 18.1 Å². The van der Waals surface area contributed by atoms with Gasteiger partial charge in [-0.25, -0.2) is 0 Å². The molecule has 0 unspecified atom stereocenters. The van der Waals surface area contributed by atoms with Crippen molar-refractivity contribution >= 4 is 35.0 Å². The number of benzene rings is 2. The van der Waals surface area contributed by atoms with Gasteiger partial charge in [-0.1, -0.05) is 35.3 Å². The number of carbonyl (C=O) groups is 2. The normalized spacial score (nSPS) is 11.1. The topological polar surface area (TPSA) is 58.2 Å². The van der Waals surface area contributed by atoms with Crippen LogP contribution in [-0.4, -0.2) is 24.9 Å². The summed E-state index contributed by atoms with van der Waals surface area (Å²) in [6.07, 6.45) is -4.63. The van der Waals surface area contributed by atoms with Gasteiger partial charge < -0.3 is 10.6 Å². The Morgan fingerprint density at radius 2 is 1.46 bits per heavy atom. The molecule has 26 heavy (non-hydrogen) atoms. The van der Waals surface area contributed by atoms with Gasteiger partial charge >= 0.3 is 6.18 Å². The van der Waals surface area contributed by atoms with Crippen LogP contribution in [0, 0.1) is 0 Å². The summed E-state index contributed by atoms with van der Waals surface area (Å²) in [6.45, 7) is -0.0590. The van der Waals surface area contributed by atoms with Crippen LogP contribution in [0.1, 0.15) is 26.3 Å². The van der Waals surface area contributed by atoms with Crippen LogP contribution in [0.15, 0.2) is 42.5 Å². The Labute approximate surface area is 157 Å². The summed E-state index contributed by atoms with van der Waals surface area (Å²) in [5.41, 5.74) is -1.34. The van der Waals surface area contributed by atoms with Gasteiger partial charge in [0.1, 0.15) is 0 Å². The van der Waals surface area contributed by atoms with Gasteiger partial charge in [0.05, 0.1) is 21.7 Å². The van der Waals surface area contributed by atoms with Crippen molar-refractivity contribution in [1.29, 1.82) is 0 Å². The lowest BCUT2D eigenvalue weighted by Gasteiger charge is -2.13. The zero-order valence-electron chi connectivity index (χ0n) is 13.2. The summed E-state index contributed by atoms with van der Waals surface area (Å²) < 4.78 is 38.7. The smallest absolute Gasteiger partial charge is 0.350 e. The Bertz CT molecular complexity index is 826. The van der Waals surface area contributed by atoms with Gasteiger partial charge in [-0.2, -0.15) is 13.2 Å². The van der Waals surface area contributed by atoms with Crippen molar-refractivity contribution in [2.75, 3.05) is 13.1 Å². The van der Waals surface area contributed by atoms with Crippen LogP contribution in [0.2, 0.25) is 10.0 Å². The van der Waals surface area contributed by atoms with E-state index in [2.05, 4.69) is 10.6 Å². The molecule has 0 saturated heterocycles. The molecule has 0 aliphatic heterocycles. The highest BCUT2D eigenvalue weighted by Crippen LogP contribution is 2.31. The van der Waals surface area contributed by atoms with Crippen molar-refractivity contribution in [2.24, 2.45) is 0 Å². The van der Waals surface area contributed by atoms with Gasteiger partial charge in [0.25, 0.3) is 11.8 Å². The Hall–Kier alpha value is -2.25. The molecule has 0 saturated carbocycles. The summed E-state index contributed by atoms with van der Waals surface area (Å²) in [5, 5.41) is 5.37. The number of halogens is 5. The second-order valence-corrected chi connectivity index (χ2v) is 6.02. The number of amides is 2. The average Bonchev–Trinajstić information content (AvgIpc) is 2.59. The molecule has 2 rings (SSSR count). The van der Waals surface area contributed by atoms with E-state index >= 15 is 0 Å². The number of nitrogens with one attached hydrogen (secondary N) is 2. The van der Waals surface area contributed by atoms with E-state index < -0.39 is 29.1 Å². The lowest BCUT2D eigenvalue weighted by molar-refractivity contribution is -0.137. The highest BCUT2D eigenvalue weighted by molar-refractivity contribution is 6.35. The molecule has 0 bridgehead atoms. The van der Waals surface area contributed by atoms with Gasteiger partial charge in [-0.05, 0) is 30.3 Å². The fraction of sp³-hybridized carbons (Fsp3) is 0.176. The Balaban J connectivity index is 1.92. The molecule has 4 nitrogen and oxygen atoms in total. The highest BCUT2D eigenvalue weighted by atomic mass is 35.5. The zero-order chi connectivity index (χ0) is 19.3. The molecule has 2 N–H and O–H groups in total. The van der Waals surface area contributed by atoms with Crippen LogP contribution >= 0.6 is 23.2 Å². The molecule has 0 spiro atoms. The summed E-state index contributed by atoms with van der Waals surface area (Å²) in [5.74, 6) is -1.39. The maximum absolute atomic E-state index is 12.9. The van der Waals surface area contributed by atoms with Crippen molar-refractivity contribution in [3.63, 3.8) is 0 Å². The molecule has 0 atom stereocenters. The van der Waals surface area contributed by atoms with Crippen LogP contribution < -0.4 is 10.6 Å². The predicted molar refractivity (Wildman–Crippen MR) is 92.6 cm³/mol. The number of alkyl halides is 3. The Morgan fingerprint density at radius 1 is 0.885 bits per heavy atom. The second kappa shape index (κ2) is 8.42. The van der Waals surface area contributed by atoms with E-state index in [4.69, 9.17) is 23.2 Å². The first-order chi connectivity index (χ1) is 12.2. The molecule has 2 aromatic carbocycles. The van der Waals surface area contributed by atoms with Crippen LogP contribution in [0.5, 0.6) is 0 Å². The summed E-state index contributed by atoms with van der Waals surface area (Å²) in [6, 6.07) is 8.84. The molecular weight excluding hydrogens is 392 g/mol. The Kier molecular flexibility index (Phi) is 6.50. The van der Waals surface area contributed by atoms with Crippen molar-refractivity contribution in [3.05, 3.63) is 69.2 Å². The maximum atomic E-state index is 12.9. The van der Waals surface area contributed by atoms with Crippen LogP contribution in [0.4, 0.5) is 13.2 Å².